The number of carboxylic acids is 1. The zero-order valence-electron chi connectivity index (χ0n) is 12.7. The lowest BCUT2D eigenvalue weighted by Gasteiger charge is -2.04. The number of carbonyl (C=O) groups is 1. The van der Waals surface area contributed by atoms with Gasteiger partial charge in [-0.2, -0.15) is 0 Å². The molecule has 0 bridgehead atoms. The molecule has 0 fully saturated rings. The van der Waals surface area contributed by atoms with Gasteiger partial charge in [-0.3, -0.25) is 14.4 Å². The second kappa shape index (κ2) is 6.58. The third-order valence-corrected chi connectivity index (χ3v) is 4.97. The molecule has 1 aromatic heterocycles. The van der Waals surface area contributed by atoms with E-state index in [9.17, 15) is 9.90 Å². The van der Waals surface area contributed by atoms with Crippen LogP contribution in [0.25, 0.3) is 11.6 Å². The van der Waals surface area contributed by atoms with Crippen LogP contribution in [0.1, 0.15) is 16.9 Å². The second-order valence-electron chi connectivity index (χ2n) is 5.09. The molecule has 1 aliphatic rings. The summed E-state index contributed by atoms with van der Waals surface area (Å²) in [4.78, 5) is 15.6. The first-order valence-electron chi connectivity index (χ1n) is 7.08. The third kappa shape index (κ3) is 3.10. The highest BCUT2D eigenvalue weighted by molar-refractivity contribution is 7.73. The number of aromatic nitrogens is 1. The Kier molecular flexibility index (Phi) is 4.50. The fourth-order valence-electron chi connectivity index (χ4n) is 2.36. The van der Waals surface area contributed by atoms with Crippen molar-refractivity contribution in [2.24, 2.45) is 4.99 Å². The average Bonchev–Trinajstić information content (AvgIpc) is 3.07. The Labute approximate surface area is 147 Å². The molecule has 2 N–H and O–H groups in total. The van der Waals surface area contributed by atoms with Crippen LogP contribution in [0.4, 0.5) is 5.69 Å². The van der Waals surface area contributed by atoms with Gasteiger partial charge in [-0.25, -0.2) is 0 Å². The average molecular weight is 362 g/mol. The molecule has 0 amide bonds. The van der Waals surface area contributed by atoms with Crippen LogP contribution in [0.3, 0.4) is 0 Å². The maximum absolute atomic E-state index is 10.7. The summed E-state index contributed by atoms with van der Waals surface area (Å²) >= 11 is 6.45. The van der Waals surface area contributed by atoms with Crippen molar-refractivity contribution in [2.75, 3.05) is 7.11 Å². The van der Waals surface area contributed by atoms with Crippen molar-refractivity contribution in [3.8, 4) is 11.6 Å². The van der Waals surface area contributed by atoms with E-state index in [2.05, 4.69) is 4.99 Å². The lowest BCUT2D eigenvalue weighted by molar-refractivity contribution is -0.137. The predicted octanol–water partition coefficient (Wildman–Crippen LogP) is 3.72. The van der Waals surface area contributed by atoms with E-state index in [1.807, 2.05) is 18.2 Å². The number of benzene rings is 1. The number of methoxy groups -OCH3 is 1. The number of aliphatic imine (C=N–C) groups is 1. The number of ether oxygens (including phenoxy) is 1. The largest absolute Gasteiger partial charge is 0.497 e. The Morgan fingerprint density at radius 1 is 1.50 bits per heavy atom. The summed E-state index contributed by atoms with van der Waals surface area (Å²) < 4.78 is 7.09. The van der Waals surface area contributed by atoms with Crippen LogP contribution in [-0.4, -0.2) is 34.1 Å². The van der Waals surface area contributed by atoms with E-state index in [4.69, 9.17) is 22.1 Å². The third-order valence-electron chi connectivity index (χ3n) is 3.59. The standard InChI is InChI=1S/C16H14N2O4S2/c1-22-10-2-3-12-11(7-10)9(8-17-12)6-13-15(21)18(16(23)24-13)5-4-14(19)20/h2-3,6-8,21H,4-5H2,1H3,(H,19,20)/b9-6+. The first-order valence-corrected chi connectivity index (χ1v) is 8.30. The van der Waals surface area contributed by atoms with E-state index in [-0.39, 0.29) is 18.8 Å². The SMILES string of the molecule is COc1ccc2c(c1)/C(=C/c1sc(=S)n(CCC(=O)O)c1O)C=N2. The first-order chi connectivity index (χ1) is 11.5. The lowest BCUT2D eigenvalue weighted by atomic mass is 10.1. The summed E-state index contributed by atoms with van der Waals surface area (Å²) in [5.74, 6) is -0.240. The van der Waals surface area contributed by atoms with Crippen molar-refractivity contribution in [1.82, 2.24) is 4.57 Å². The van der Waals surface area contributed by atoms with E-state index < -0.39 is 5.97 Å². The maximum Gasteiger partial charge on any atom is 0.305 e. The zero-order chi connectivity index (χ0) is 17.3. The van der Waals surface area contributed by atoms with Gasteiger partial charge in [-0.1, -0.05) is 0 Å². The number of hydrogen-bond donors (Lipinski definition) is 2. The summed E-state index contributed by atoms with van der Waals surface area (Å²) in [6.07, 6.45) is 3.41. The van der Waals surface area contributed by atoms with Crippen molar-refractivity contribution in [3.63, 3.8) is 0 Å². The van der Waals surface area contributed by atoms with E-state index >= 15 is 0 Å². The fourth-order valence-corrected chi connectivity index (χ4v) is 3.67. The van der Waals surface area contributed by atoms with Gasteiger partial charge in [0.15, 0.2) is 3.95 Å². The molecule has 0 radical (unpaired) electrons. The zero-order valence-corrected chi connectivity index (χ0v) is 14.4. The summed E-state index contributed by atoms with van der Waals surface area (Å²) in [5, 5.41) is 19.1. The van der Waals surface area contributed by atoms with Gasteiger partial charge >= 0.3 is 5.97 Å². The Morgan fingerprint density at radius 2 is 2.29 bits per heavy atom. The normalized spacial score (nSPS) is 14.1. The molecular weight excluding hydrogens is 348 g/mol. The van der Waals surface area contributed by atoms with Gasteiger partial charge in [-0.15, -0.1) is 11.3 Å². The molecule has 6 nitrogen and oxygen atoms in total. The maximum atomic E-state index is 10.7. The molecule has 0 saturated heterocycles. The van der Waals surface area contributed by atoms with Crippen molar-refractivity contribution in [1.29, 1.82) is 0 Å². The highest BCUT2D eigenvalue weighted by Crippen LogP contribution is 2.37. The van der Waals surface area contributed by atoms with E-state index in [0.29, 0.717) is 8.83 Å². The number of thiazole rings is 1. The first kappa shape index (κ1) is 16.4. The summed E-state index contributed by atoms with van der Waals surface area (Å²) in [6, 6.07) is 5.58. The van der Waals surface area contributed by atoms with E-state index in [1.165, 1.54) is 15.9 Å². The van der Waals surface area contributed by atoms with Crippen molar-refractivity contribution >= 4 is 53.1 Å². The van der Waals surface area contributed by atoms with Crippen LogP contribution in [0, 0.1) is 3.95 Å². The van der Waals surface area contributed by atoms with Gasteiger partial charge < -0.3 is 14.9 Å². The van der Waals surface area contributed by atoms with Crippen molar-refractivity contribution in [2.45, 2.75) is 13.0 Å². The topological polar surface area (TPSA) is 84.0 Å². The number of carboxylic acid groups (broad SMARTS) is 1. The van der Waals surface area contributed by atoms with Crippen LogP contribution in [0.15, 0.2) is 23.2 Å². The number of rotatable bonds is 5. The van der Waals surface area contributed by atoms with Gasteiger partial charge in [0.2, 0.25) is 5.88 Å². The predicted molar refractivity (Wildman–Crippen MR) is 96.1 cm³/mol. The monoisotopic (exact) mass is 362 g/mol. The molecule has 3 rings (SSSR count). The Bertz CT molecular complexity index is 925. The number of nitrogens with zero attached hydrogens (tertiary/aromatic N) is 2. The van der Waals surface area contributed by atoms with Gasteiger partial charge in [0.25, 0.3) is 0 Å². The summed E-state index contributed by atoms with van der Waals surface area (Å²) in [6.45, 7) is 0.137. The highest BCUT2D eigenvalue weighted by atomic mass is 32.1. The second-order valence-corrected chi connectivity index (χ2v) is 6.77. The smallest absolute Gasteiger partial charge is 0.305 e. The molecule has 124 valence electrons. The molecule has 0 unspecified atom stereocenters. The van der Waals surface area contributed by atoms with Crippen molar-refractivity contribution in [3.05, 3.63) is 32.6 Å². The summed E-state index contributed by atoms with van der Waals surface area (Å²) in [7, 11) is 1.60. The van der Waals surface area contributed by atoms with Gasteiger partial charge in [0.05, 0.1) is 24.1 Å². The molecule has 2 heterocycles. The molecule has 1 aromatic carbocycles. The molecule has 0 atom stereocenters. The minimum Gasteiger partial charge on any atom is -0.497 e. The van der Waals surface area contributed by atoms with Crippen LogP contribution < -0.4 is 4.74 Å². The molecular formula is C16H14N2O4S2. The fraction of sp³-hybridized carbons (Fsp3) is 0.188. The van der Waals surface area contributed by atoms with E-state index in [1.54, 1.807) is 19.4 Å². The number of allylic oxidation sites excluding steroid dienone is 1. The number of fused-ring (bicyclic) bond motifs is 1. The Morgan fingerprint density at radius 3 is 3.00 bits per heavy atom. The van der Waals surface area contributed by atoms with Crippen LogP contribution in [-0.2, 0) is 11.3 Å². The van der Waals surface area contributed by atoms with Gasteiger partial charge in [0.1, 0.15) is 5.75 Å². The number of aliphatic carboxylic acids is 1. The number of aromatic hydroxyl groups is 1. The minimum absolute atomic E-state index is 0.0245. The highest BCUT2D eigenvalue weighted by Gasteiger charge is 2.16. The Hall–Kier alpha value is -2.45. The van der Waals surface area contributed by atoms with Crippen molar-refractivity contribution < 1.29 is 19.7 Å². The molecule has 8 heteroatoms. The lowest BCUT2D eigenvalue weighted by Crippen LogP contribution is -2.03. The molecule has 0 aliphatic carbocycles. The molecule has 24 heavy (non-hydrogen) atoms. The van der Waals surface area contributed by atoms with Gasteiger partial charge in [-0.05, 0) is 36.5 Å². The Balaban J connectivity index is 1.97. The summed E-state index contributed by atoms with van der Waals surface area (Å²) in [5.41, 5.74) is 2.57. The molecule has 0 saturated carbocycles. The van der Waals surface area contributed by atoms with Crippen LogP contribution >= 0.6 is 23.6 Å². The quantitative estimate of drug-likeness (QED) is 0.792. The molecule has 0 spiro atoms. The van der Waals surface area contributed by atoms with E-state index in [0.717, 1.165) is 22.6 Å². The van der Waals surface area contributed by atoms with Crippen LogP contribution in [0.5, 0.6) is 11.6 Å². The van der Waals surface area contributed by atoms with Gasteiger partial charge in [0, 0.05) is 23.9 Å². The van der Waals surface area contributed by atoms with Crippen LogP contribution in [0.2, 0.25) is 0 Å². The molecule has 1 aliphatic heterocycles. The number of hydrogen-bond acceptors (Lipinski definition) is 6. The minimum atomic E-state index is -0.939. The molecule has 2 aromatic rings.